The minimum atomic E-state index is -0.00795. The summed E-state index contributed by atoms with van der Waals surface area (Å²) in [5.74, 6) is 0.713. The lowest BCUT2D eigenvalue weighted by Gasteiger charge is -2.30. The number of benzene rings is 1. The molecule has 1 atom stereocenters. The van der Waals surface area contributed by atoms with Crippen LogP contribution < -0.4 is 5.32 Å². The molecule has 2 N–H and O–H groups in total. The number of aromatic nitrogens is 2. The molecule has 0 aliphatic carbocycles. The SMILES string of the molecule is CN1CCC[C@H](Nc2ccc(-c3c(O)cc(Cl)cc3Cl)nn2)C1. The van der Waals surface area contributed by atoms with E-state index < -0.39 is 0 Å². The van der Waals surface area contributed by atoms with Crippen LogP contribution in [-0.2, 0) is 0 Å². The number of phenols is 1. The number of likely N-dealkylation sites (N-methyl/N-ethyl adjacent to an activating group) is 1. The average molecular weight is 353 g/mol. The van der Waals surface area contributed by atoms with Crippen molar-refractivity contribution in [1.29, 1.82) is 0 Å². The summed E-state index contributed by atoms with van der Waals surface area (Å²) in [6.07, 6.45) is 2.30. The molecule has 122 valence electrons. The molecule has 2 aromatic rings. The Labute approximate surface area is 145 Å². The first-order chi connectivity index (χ1) is 11.0. The van der Waals surface area contributed by atoms with E-state index in [1.54, 1.807) is 12.1 Å². The third kappa shape index (κ3) is 3.86. The fourth-order valence-corrected chi connectivity index (χ4v) is 3.43. The van der Waals surface area contributed by atoms with Crippen LogP contribution in [0.2, 0.25) is 10.0 Å². The van der Waals surface area contributed by atoms with Crippen LogP contribution in [-0.4, -0.2) is 46.4 Å². The summed E-state index contributed by atoms with van der Waals surface area (Å²) in [6, 6.07) is 7.03. The zero-order chi connectivity index (χ0) is 16.4. The van der Waals surface area contributed by atoms with Gasteiger partial charge in [0.05, 0.1) is 16.3 Å². The number of aromatic hydroxyl groups is 1. The third-order valence-electron chi connectivity index (χ3n) is 3.93. The van der Waals surface area contributed by atoms with Gasteiger partial charge in [-0.3, -0.25) is 0 Å². The largest absolute Gasteiger partial charge is 0.507 e. The number of rotatable bonds is 3. The Bertz CT molecular complexity index is 670. The number of halogens is 2. The minimum absolute atomic E-state index is 0.00795. The second kappa shape index (κ2) is 6.91. The molecule has 0 radical (unpaired) electrons. The van der Waals surface area contributed by atoms with Gasteiger partial charge in [-0.2, -0.15) is 0 Å². The van der Waals surface area contributed by atoms with Crippen molar-refractivity contribution in [3.63, 3.8) is 0 Å². The maximum Gasteiger partial charge on any atom is 0.148 e. The molecule has 2 heterocycles. The van der Waals surface area contributed by atoms with E-state index in [1.165, 1.54) is 12.5 Å². The molecule has 7 heteroatoms. The lowest BCUT2D eigenvalue weighted by Crippen LogP contribution is -2.39. The maximum atomic E-state index is 10.0. The van der Waals surface area contributed by atoms with Crippen molar-refractivity contribution in [1.82, 2.24) is 15.1 Å². The van der Waals surface area contributed by atoms with Crippen molar-refractivity contribution in [2.24, 2.45) is 0 Å². The summed E-state index contributed by atoms with van der Waals surface area (Å²) in [6.45, 7) is 2.13. The van der Waals surface area contributed by atoms with Crippen LogP contribution in [0.1, 0.15) is 12.8 Å². The Balaban J connectivity index is 1.77. The Kier molecular flexibility index (Phi) is 4.90. The van der Waals surface area contributed by atoms with Crippen molar-refractivity contribution in [3.05, 3.63) is 34.3 Å². The summed E-state index contributed by atoms with van der Waals surface area (Å²) in [7, 11) is 2.12. The zero-order valence-electron chi connectivity index (χ0n) is 12.8. The average Bonchev–Trinajstić information content (AvgIpc) is 2.48. The van der Waals surface area contributed by atoms with E-state index in [2.05, 4.69) is 27.5 Å². The molecule has 1 aliphatic heterocycles. The molecule has 1 aromatic carbocycles. The van der Waals surface area contributed by atoms with Crippen molar-refractivity contribution in [3.8, 4) is 17.0 Å². The number of hydrogen-bond acceptors (Lipinski definition) is 5. The number of piperidine rings is 1. The van der Waals surface area contributed by atoms with Gasteiger partial charge in [0.2, 0.25) is 0 Å². The molecule has 1 aliphatic rings. The zero-order valence-corrected chi connectivity index (χ0v) is 14.3. The van der Waals surface area contributed by atoms with E-state index in [-0.39, 0.29) is 5.75 Å². The van der Waals surface area contributed by atoms with Gasteiger partial charge in [0.15, 0.2) is 0 Å². The lowest BCUT2D eigenvalue weighted by atomic mass is 10.1. The van der Waals surface area contributed by atoms with Crippen LogP contribution >= 0.6 is 23.2 Å². The lowest BCUT2D eigenvalue weighted by molar-refractivity contribution is 0.260. The Hall–Kier alpha value is -1.56. The van der Waals surface area contributed by atoms with Gasteiger partial charge >= 0.3 is 0 Å². The molecule has 5 nitrogen and oxygen atoms in total. The van der Waals surface area contributed by atoms with E-state index in [0.29, 0.717) is 27.3 Å². The quantitative estimate of drug-likeness (QED) is 0.882. The molecule has 0 spiro atoms. The van der Waals surface area contributed by atoms with Gasteiger partial charge in [0, 0.05) is 17.6 Å². The van der Waals surface area contributed by atoms with Gasteiger partial charge in [0.1, 0.15) is 11.6 Å². The minimum Gasteiger partial charge on any atom is -0.507 e. The molecule has 0 bridgehead atoms. The topological polar surface area (TPSA) is 61.3 Å². The van der Waals surface area contributed by atoms with E-state index >= 15 is 0 Å². The monoisotopic (exact) mass is 352 g/mol. The number of likely N-dealkylation sites (tertiary alicyclic amines) is 1. The molecule has 1 aromatic heterocycles. The fraction of sp³-hybridized carbons (Fsp3) is 0.375. The van der Waals surface area contributed by atoms with Gasteiger partial charge in [-0.1, -0.05) is 23.2 Å². The van der Waals surface area contributed by atoms with E-state index in [4.69, 9.17) is 23.2 Å². The van der Waals surface area contributed by atoms with Crippen molar-refractivity contribution in [2.45, 2.75) is 18.9 Å². The summed E-state index contributed by atoms with van der Waals surface area (Å²) in [5.41, 5.74) is 0.947. The van der Waals surface area contributed by atoms with Gasteiger partial charge in [-0.15, -0.1) is 10.2 Å². The summed E-state index contributed by atoms with van der Waals surface area (Å²) in [4.78, 5) is 2.30. The highest BCUT2D eigenvalue weighted by molar-refractivity contribution is 6.36. The maximum absolute atomic E-state index is 10.0. The van der Waals surface area contributed by atoms with Crippen LogP contribution in [0.5, 0.6) is 5.75 Å². The van der Waals surface area contributed by atoms with Crippen LogP contribution in [0.15, 0.2) is 24.3 Å². The molecule has 23 heavy (non-hydrogen) atoms. The highest BCUT2D eigenvalue weighted by Crippen LogP contribution is 2.37. The van der Waals surface area contributed by atoms with Crippen LogP contribution in [0.4, 0.5) is 5.82 Å². The predicted molar refractivity (Wildman–Crippen MR) is 93.3 cm³/mol. The Morgan fingerprint density at radius 1 is 1.26 bits per heavy atom. The van der Waals surface area contributed by atoms with E-state index in [1.807, 2.05) is 6.07 Å². The molecule has 0 amide bonds. The predicted octanol–water partition coefficient (Wildman–Crippen LogP) is 3.66. The first-order valence-electron chi connectivity index (χ1n) is 7.50. The smallest absolute Gasteiger partial charge is 0.148 e. The van der Waals surface area contributed by atoms with Crippen LogP contribution in [0, 0.1) is 0 Å². The summed E-state index contributed by atoms with van der Waals surface area (Å²) >= 11 is 12.0. The highest BCUT2D eigenvalue weighted by atomic mass is 35.5. The van der Waals surface area contributed by atoms with Crippen molar-refractivity contribution in [2.75, 3.05) is 25.5 Å². The van der Waals surface area contributed by atoms with Gasteiger partial charge in [-0.05, 0) is 50.7 Å². The Morgan fingerprint density at radius 2 is 2.09 bits per heavy atom. The fourth-order valence-electron chi connectivity index (χ4n) is 2.85. The molecule has 1 fully saturated rings. The molecular weight excluding hydrogens is 335 g/mol. The number of nitrogens with one attached hydrogen (secondary N) is 1. The highest BCUT2D eigenvalue weighted by Gasteiger charge is 2.18. The Morgan fingerprint density at radius 3 is 2.74 bits per heavy atom. The summed E-state index contributed by atoms with van der Waals surface area (Å²) in [5, 5.41) is 22.5. The number of hydrogen-bond donors (Lipinski definition) is 2. The molecule has 0 saturated carbocycles. The number of phenolic OH excluding ortho intramolecular Hbond substituents is 1. The number of nitrogens with zero attached hydrogens (tertiary/aromatic N) is 3. The molecule has 0 unspecified atom stereocenters. The molecule has 1 saturated heterocycles. The summed E-state index contributed by atoms with van der Waals surface area (Å²) < 4.78 is 0. The molecular formula is C16H18Cl2N4O. The number of anilines is 1. The van der Waals surface area contributed by atoms with Crippen LogP contribution in [0.25, 0.3) is 11.3 Å². The van der Waals surface area contributed by atoms with Gasteiger partial charge in [-0.25, -0.2) is 0 Å². The van der Waals surface area contributed by atoms with Gasteiger partial charge in [0.25, 0.3) is 0 Å². The van der Waals surface area contributed by atoms with Gasteiger partial charge < -0.3 is 15.3 Å². The third-order valence-corrected chi connectivity index (χ3v) is 4.45. The van der Waals surface area contributed by atoms with Crippen molar-refractivity contribution >= 4 is 29.0 Å². The van der Waals surface area contributed by atoms with Crippen molar-refractivity contribution < 1.29 is 5.11 Å². The first kappa shape index (κ1) is 16.3. The molecule has 3 rings (SSSR count). The second-order valence-electron chi connectivity index (χ2n) is 5.83. The standard InChI is InChI=1S/C16H18Cl2N4O/c1-22-6-2-3-11(9-22)19-15-5-4-13(20-21-15)16-12(18)7-10(17)8-14(16)23/h4-5,7-8,11,23H,2-3,6,9H2,1H3,(H,19,21)/t11-/m0/s1. The van der Waals surface area contributed by atoms with E-state index in [0.717, 1.165) is 25.3 Å². The van der Waals surface area contributed by atoms with E-state index in [9.17, 15) is 5.11 Å². The first-order valence-corrected chi connectivity index (χ1v) is 8.25. The normalized spacial score (nSPS) is 18.8. The second-order valence-corrected chi connectivity index (χ2v) is 6.67. The van der Waals surface area contributed by atoms with Crippen LogP contribution in [0.3, 0.4) is 0 Å².